The molecule has 2 heterocycles. The van der Waals surface area contributed by atoms with E-state index >= 15 is 0 Å². The number of carbonyl (C=O) groups is 4. The highest BCUT2D eigenvalue weighted by atomic mass is 19.3. The summed E-state index contributed by atoms with van der Waals surface area (Å²) in [5.74, 6) is -5.78. The summed E-state index contributed by atoms with van der Waals surface area (Å²) in [6.45, 7) is 1.13. The van der Waals surface area contributed by atoms with E-state index < -0.39 is 29.2 Å². The zero-order valence-corrected chi connectivity index (χ0v) is 20.8. The van der Waals surface area contributed by atoms with Crippen molar-refractivity contribution in [1.82, 2.24) is 15.1 Å². The number of likely N-dealkylation sites (N-methyl/N-ethyl adjacent to an activating group) is 1. The Morgan fingerprint density at radius 2 is 1.95 bits per heavy atom. The van der Waals surface area contributed by atoms with Gasteiger partial charge in [0.05, 0.1) is 0 Å². The monoisotopic (exact) mass is 513 g/mol. The smallest absolute Gasteiger partial charge is 0.330 e. The van der Waals surface area contributed by atoms with Gasteiger partial charge in [-0.3, -0.25) is 24.5 Å². The van der Waals surface area contributed by atoms with Crippen LogP contribution >= 0.6 is 0 Å². The van der Waals surface area contributed by atoms with Crippen molar-refractivity contribution in [3.8, 4) is 5.75 Å². The molecule has 196 valence electrons. The maximum atomic E-state index is 14.9. The van der Waals surface area contributed by atoms with Crippen LogP contribution < -0.4 is 10.1 Å². The highest BCUT2D eigenvalue weighted by molar-refractivity contribution is 6.05. The lowest BCUT2D eigenvalue weighted by molar-refractivity contribution is -0.144. The normalized spacial score (nSPS) is 17.7. The van der Waals surface area contributed by atoms with E-state index in [1.807, 2.05) is 19.0 Å². The quantitative estimate of drug-likeness (QED) is 0.491. The van der Waals surface area contributed by atoms with E-state index in [0.717, 1.165) is 0 Å². The number of ketones is 1. The molecule has 1 N–H and O–H groups in total. The molecule has 1 fully saturated rings. The molecule has 0 radical (unpaired) electrons. The van der Waals surface area contributed by atoms with Gasteiger partial charge in [-0.1, -0.05) is 24.3 Å². The third-order valence-electron chi connectivity index (χ3n) is 6.58. The van der Waals surface area contributed by atoms with Crippen molar-refractivity contribution in [2.45, 2.75) is 44.2 Å². The topological polar surface area (TPSA) is 96.0 Å². The number of halogens is 2. The van der Waals surface area contributed by atoms with Gasteiger partial charge in [-0.05, 0) is 56.3 Å². The van der Waals surface area contributed by atoms with Gasteiger partial charge in [-0.2, -0.15) is 8.78 Å². The maximum absolute atomic E-state index is 14.9. The molecule has 1 atom stereocenters. The predicted octanol–water partition coefficient (Wildman–Crippen LogP) is 2.68. The zero-order chi connectivity index (χ0) is 26.7. The fourth-order valence-corrected chi connectivity index (χ4v) is 4.49. The van der Waals surface area contributed by atoms with E-state index in [2.05, 4.69) is 5.32 Å². The van der Waals surface area contributed by atoms with Crippen molar-refractivity contribution in [1.29, 1.82) is 0 Å². The minimum atomic E-state index is -3.67. The van der Waals surface area contributed by atoms with E-state index in [4.69, 9.17) is 4.74 Å². The average Bonchev–Trinajstić information content (AvgIpc) is 3.17. The number of hydrogen-bond acceptors (Lipinski definition) is 6. The molecular formula is C27H29F2N3O5. The van der Waals surface area contributed by atoms with E-state index in [1.54, 1.807) is 24.3 Å². The number of rotatable bonds is 10. The molecule has 37 heavy (non-hydrogen) atoms. The SMILES string of the molecule is CN(C)CCOc1cccc(C(F)(F)C(=O)CCc2ccc3c(c2)CN(C2CCC(=O)NC2=O)C3=O)c1. The fourth-order valence-electron chi connectivity index (χ4n) is 4.49. The molecule has 0 spiro atoms. The Morgan fingerprint density at radius 1 is 1.16 bits per heavy atom. The minimum absolute atomic E-state index is 0.0767. The summed E-state index contributed by atoms with van der Waals surface area (Å²) in [6.07, 6.45) is 0.0988. The van der Waals surface area contributed by atoms with Gasteiger partial charge in [0, 0.05) is 37.1 Å². The summed E-state index contributed by atoms with van der Waals surface area (Å²) in [5, 5.41) is 2.25. The van der Waals surface area contributed by atoms with E-state index in [0.29, 0.717) is 29.8 Å². The van der Waals surface area contributed by atoms with Crippen molar-refractivity contribution in [2.24, 2.45) is 0 Å². The summed E-state index contributed by atoms with van der Waals surface area (Å²) in [7, 11) is 3.75. The molecule has 2 aromatic carbocycles. The molecule has 2 aliphatic heterocycles. The Kier molecular flexibility index (Phi) is 7.68. The molecule has 10 heteroatoms. The van der Waals surface area contributed by atoms with Crippen molar-refractivity contribution >= 4 is 23.5 Å². The van der Waals surface area contributed by atoms with Crippen molar-refractivity contribution < 1.29 is 32.7 Å². The number of nitrogens with zero attached hydrogens (tertiary/aromatic N) is 2. The van der Waals surface area contributed by atoms with Crippen LogP contribution in [0.25, 0.3) is 0 Å². The minimum Gasteiger partial charge on any atom is -0.492 e. The highest BCUT2D eigenvalue weighted by Gasteiger charge is 2.41. The van der Waals surface area contributed by atoms with Gasteiger partial charge in [0.2, 0.25) is 17.6 Å². The third kappa shape index (κ3) is 5.85. The van der Waals surface area contributed by atoms with E-state index in [-0.39, 0.29) is 49.8 Å². The molecule has 0 bridgehead atoms. The lowest BCUT2D eigenvalue weighted by Gasteiger charge is -2.29. The number of Topliss-reactive ketones (excluding diaryl/α,β-unsaturated/α-hetero) is 1. The van der Waals surface area contributed by atoms with Crippen LogP contribution in [0.15, 0.2) is 42.5 Å². The molecular weight excluding hydrogens is 484 g/mol. The first-order chi connectivity index (χ1) is 17.6. The second-order valence-corrected chi connectivity index (χ2v) is 9.57. The predicted molar refractivity (Wildman–Crippen MR) is 130 cm³/mol. The van der Waals surface area contributed by atoms with E-state index in [9.17, 15) is 28.0 Å². The summed E-state index contributed by atoms with van der Waals surface area (Å²) in [5.41, 5.74) is 1.31. The molecule has 8 nitrogen and oxygen atoms in total. The number of alkyl halides is 2. The second-order valence-electron chi connectivity index (χ2n) is 9.57. The van der Waals surface area contributed by atoms with Crippen molar-refractivity contribution in [3.63, 3.8) is 0 Å². The Hall–Kier alpha value is -3.66. The van der Waals surface area contributed by atoms with Crippen LogP contribution in [0.3, 0.4) is 0 Å². The summed E-state index contributed by atoms with van der Waals surface area (Å²) >= 11 is 0. The number of hydrogen-bond donors (Lipinski definition) is 1. The molecule has 2 aromatic rings. The van der Waals surface area contributed by atoms with Crippen LogP contribution in [0.1, 0.15) is 46.3 Å². The van der Waals surface area contributed by atoms with Gasteiger partial charge in [0.1, 0.15) is 18.4 Å². The Balaban J connectivity index is 1.38. The molecule has 2 aliphatic rings. The molecule has 1 unspecified atom stereocenters. The number of amides is 3. The number of piperidine rings is 1. The maximum Gasteiger partial charge on any atom is 0.330 e. The lowest BCUT2D eigenvalue weighted by Crippen LogP contribution is -2.52. The van der Waals surface area contributed by atoms with E-state index in [1.165, 1.54) is 23.1 Å². The molecule has 4 rings (SSSR count). The first-order valence-electron chi connectivity index (χ1n) is 12.1. The number of carbonyl (C=O) groups excluding carboxylic acids is 4. The highest BCUT2D eigenvalue weighted by Crippen LogP contribution is 2.33. The number of benzene rings is 2. The first-order valence-corrected chi connectivity index (χ1v) is 12.1. The zero-order valence-electron chi connectivity index (χ0n) is 20.8. The Bertz CT molecular complexity index is 1230. The van der Waals surface area contributed by atoms with Crippen LogP contribution in [0.4, 0.5) is 8.78 Å². The number of fused-ring (bicyclic) bond motifs is 1. The number of ether oxygens (including phenoxy) is 1. The van der Waals surface area contributed by atoms with Gasteiger partial charge in [-0.25, -0.2) is 0 Å². The number of aryl methyl sites for hydroxylation is 1. The van der Waals surface area contributed by atoms with Crippen molar-refractivity contribution in [3.05, 3.63) is 64.7 Å². The number of nitrogens with one attached hydrogen (secondary N) is 1. The molecule has 3 amide bonds. The third-order valence-corrected chi connectivity index (χ3v) is 6.58. The molecule has 0 aromatic heterocycles. The van der Waals surface area contributed by atoms with Gasteiger partial charge < -0.3 is 14.5 Å². The van der Waals surface area contributed by atoms with Crippen molar-refractivity contribution in [2.75, 3.05) is 27.2 Å². The van der Waals surface area contributed by atoms with Crippen LogP contribution in [0.5, 0.6) is 5.75 Å². The lowest BCUT2D eigenvalue weighted by atomic mass is 9.97. The summed E-state index contributed by atoms with van der Waals surface area (Å²) < 4.78 is 35.4. The van der Waals surface area contributed by atoms with Gasteiger partial charge >= 0.3 is 5.92 Å². The second kappa shape index (κ2) is 10.8. The largest absolute Gasteiger partial charge is 0.492 e. The van der Waals surface area contributed by atoms with Crippen LogP contribution in [-0.2, 0) is 33.3 Å². The summed E-state index contributed by atoms with van der Waals surface area (Å²) in [4.78, 5) is 52.3. The Labute approximate surface area is 213 Å². The Morgan fingerprint density at radius 3 is 2.68 bits per heavy atom. The van der Waals surface area contributed by atoms with Crippen LogP contribution in [0, 0.1) is 0 Å². The van der Waals surface area contributed by atoms with Crippen LogP contribution in [-0.4, -0.2) is 66.6 Å². The standard InChI is InChI=1S/C27H29F2N3O5/c1-31(2)12-13-37-20-5-3-4-19(15-20)27(28,29)23(33)10-7-17-6-8-21-18(14-17)16-32(26(21)36)22-9-11-24(34)30-25(22)35/h3-6,8,14-15,22H,7,9-13,16H2,1-2H3,(H,30,34,35). The molecule has 0 aliphatic carbocycles. The summed E-state index contributed by atoms with van der Waals surface area (Å²) in [6, 6.07) is 9.62. The average molecular weight is 514 g/mol. The number of imide groups is 1. The molecule has 1 saturated heterocycles. The van der Waals surface area contributed by atoms with Gasteiger partial charge in [0.25, 0.3) is 5.91 Å². The fraction of sp³-hybridized carbons (Fsp3) is 0.407. The van der Waals surface area contributed by atoms with Gasteiger partial charge in [0.15, 0.2) is 0 Å². The van der Waals surface area contributed by atoms with Gasteiger partial charge in [-0.15, -0.1) is 0 Å². The van der Waals surface area contributed by atoms with Crippen LogP contribution in [0.2, 0.25) is 0 Å². The molecule has 0 saturated carbocycles. The first kappa shape index (κ1) is 26.4.